The number of allylic oxidation sites excluding steroid dienone is 9. The first-order chi connectivity index (χ1) is 37.1. The number of carbonyl (C=O) groups is 1. The number of amides is 1. The maximum atomic E-state index is 13.2. The van der Waals surface area contributed by atoms with Crippen LogP contribution in [0.3, 0.4) is 0 Å². The highest BCUT2D eigenvalue weighted by Crippen LogP contribution is 2.30. The van der Waals surface area contributed by atoms with E-state index in [1.54, 1.807) is 6.08 Å². The van der Waals surface area contributed by atoms with Crippen LogP contribution in [0.2, 0.25) is 0 Å². The summed E-state index contributed by atoms with van der Waals surface area (Å²) in [6, 6.07) is -0.911. The minimum absolute atomic E-state index is 0.242. The third-order valence-corrected chi connectivity index (χ3v) is 14.7. The highest BCUT2D eigenvalue weighted by molar-refractivity contribution is 5.76. The molecule has 2 aliphatic heterocycles. The molecule has 0 aromatic carbocycles. The number of aliphatic hydroxyl groups is 8. The SMILES string of the molecule is CC/C=C\C/C=C\C/C=C\C/C=C\CCCCCCCCCCCCCCCCCCCCCCCCC(=O)NC(COC1OC(CO)C(OC2OC(CO)C(O)C(O)C2O)C(O)C1O)C(O)/C=C/CCCCCCC. The number of nitrogens with one attached hydrogen (secondary N) is 1. The van der Waals surface area contributed by atoms with Gasteiger partial charge in [0.15, 0.2) is 12.6 Å². The van der Waals surface area contributed by atoms with Crippen LogP contribution >= 0.6 is 0 Å². The molecule has 0 aliphatic carbocycles. The van der Waals surface area contributed by atoms with E-state index in [4.69, 9.17) is 18.9 Å². The molecule has 2 fully saturated rings. The van der Waals surface area contributed by atoms with E-state index in [0.717, 1.165) is 77.0 Å². The van der Waals surface area contributed by atoms with Gasteiger partial charge in [-0.1, -0.05) is 229 Å². The van der Waals surface area contributed by atoms with E-state index in [1.165, 1.54) is 128 Å². The second-order valence-corrected chi connectivity index (χ2v) is 21.5. The van der Waals surface area contributed by atoms with Crippen LogP contribution in [0.4, 0.5) is 0 Å². The van der Waals surface area contributed by atoms with Crippen molar-refractivity contribution in [1.82, 2.24) is 5.32 Å². The Labute approximate surface area is 460 Å². The van der Waals surface area contributed by atoms with Gasteiger partial charge in [-0.25, -0.2) is 0 Å². The Balaban J connectivity index is 1.54. The van der Waals surface area contributed by atoms with Gasteiger partial charge in [0.1, 0.15) is 48.8 Å². The van der Waals surface area contributed by atoms with Gasteiger partial charge in [-0.3, -0.25) is 4.79 Å². The lowest BCUT2D eigenvalue weighted by atomic mass is 9.97. The summed E-state index contributed by atoms with van der Waals surface area (Å²) in [4.78, 5) is 13.2. The molecule has 0 aromatic heterocycles. The summed E-state index contributed by atoms with van der Waals surface area (Å²) in [5.41, 5.74) is 0. The highest BCUT2D eigenvalue weighted by Gasteiger charge is 2.51. The van der Waals surface area contributed by atoms with Crippen molar-refractivity contribution in [2.75, 3.05) is 19.8 Å². The molecule has 0 spiro atoms. The van der Waals surface area contributed by atoms with Crippen molar-refractivity contribution < 1.29 is 64.6 Å². The van der Waals surface area contributed by atoms with Gasteiger partial charge in [0.2, 0.25) is 5.91 Å². The van der Waals surface area contributed by atoms with Gasteiger partial charge in [-0.05, 0) is 57.8 Å². The van der Waals surface area contributed by atoms with Crippen molar-refractivity contribution >= 4 is 5.91 Å². The third kappa shape index (κ3) is 32.7. The average molecular weight is 1080 g/mol. The molecule has 2 aliphatic rings. The predicted molar refractivity (Wildman–Crippen MR) is 304 cm³/mol. The Morgan fingerprint density at radius 1 is 0.487 bits per heavy atom. The average Bonchev–Trinajstić information content (AvgIpc) is 3.42. The van der Waals surface area contributed by atoms with Crippen molar-refractivity contribution in [3.63, 3.8) is 0 Å². The fraction of sp³-hybridized carbons (Fsp3) is 0.823. The minimum atomic E-state index is -1.79. The second-order valence-electron chi connectivity index (χ2n) is 21.5. The van der Waals surface area contributed by atoms with E-state index >= 15 is 0 Å². The molecule has 442 valence electrons. The predicted octanol–water partition coefficient (Wildman–Crippen LogP) is 10.6. The van der Waals surface area contributed by atoms with Crippen LogP contribution in [-0.2, 0) is 23.7 Å². The molecule has 0 aromatic rings. The van der Waals surface area contributed by atoms with Crippen molar-refractivity contribution in [2.24, 2.45) is 0 Å². The Bertz CT molecular complexity index is 1510. The van der Waals surface area contributed by atoms with Gasteiger partial charge in [0.25, 0.3) is 0 Å². The van der Waals surface area contributed by atoms with Gasteiger partial charge in [-0.2, -0.15) is 0 Å². The van der Waals surface area contributed by atoms with Gasteiger partial charge < -0.3 is 65.1 Å². The number of hydrogen-bond donors (Lipinski definition) is 9. The topological polar surface area (TPSA) is 228 Å². The van der Waals surface area contributed by atoms with Crippen LogP contribution in [0, 0.1) is 0 Å². The van der Waals surface area contributed by atoms with E-state index < -0.39 is 86.8 Å². The molecule has 0 bridgehead atoms. The van der Waals surface area contributed by atoms with Crippen molar-refractivity contribution in [2.45, 2.75) is 306 Å². The largest absolute Gasteiger partial charge is 0.394 e. The summed E-state index contributed by atoms with van der Waals surface area (Å²) >= 11 is 0. The molecular weight excluding hydrogens is 967 g/mol. The van der Waals surface area contributed by atoms with Crippen LogP contribution < -0.4 is 5.32 Å². The zero-order valence-corrected chi connectivity index (χ0v) is 47.5. The molecule has 14 heteroatoms. The molecule has 12 atom stereocenters. The molecule has 2 rings (SSSR count). The summed E-state index contributed by atoms with van der Waals surface area (Å²) in [5.74, 6) is -0.242. The van der Waals surface area contributed by atoms with E-state index in [0.29, 0.717) is 6.42 Å². The summed E-state index contributed by atoms with van der Waals surface area (Å²) in [5, 5.41) is 86.6. The summed E-state index contributed by atoms with van der Waals surface area (Å²) in [6.45, 7) is 2.61. The molecule has 2 saturated heterocycles. The minimum Gasteiger partial charge on any atom is -0.394 e. The first-order valence-electron chi connectivity index (χ1n) is 30.5. The van der Waals surface area contributed by atoms with Crippen molar-refractivity contribution in [3.05, 3.63) is 60.8 Å². The van der Waals surface area contributed by atoms with Crippen molar-refractivity contribution in [3.8, 4) is 0 Å². The van der Waals surface area contributed by atoms with Crippen LogP contribution in [0.5, 0.6) is 0 Å². The van der Waals surface area contributed by atoms with E-state index in [-0.39, 0.29) is 18.9 Å². The number of hydrogen-bond acceptors (Lipinski definition) is 13. The first kappa shape index (κ1) is 69.8. The second kappa shape index (κ2) is 47.5. The molecule has 1 amide bonds. The van der Waals surface area contributed by atoms with Gasteiger partial charge in [0.05, 0.1) is 32.0 Å². The Morgan fingerprint density at radius 2 is 0.908 bits per heavy atom. The zero-order chi connectivity index (χ0) is 55.3. The Kier molecular flexibility index (Phi) is 43.6. The monoisotopic (exact) mass is 1080 g/mol. The molecule has 9 N–H and O–H groups in total. The van der Waals surface area contributed by atoms with E-state index in [2.05, 4.69) is 67.8 Å². The van der Waals surface area contributed by atoms with E-state index in [9.17, 15) is 45.6 Å². The fourth-order valence-corrected chi connectivity index (χ4v) is 9.81. The van der Waals surface area contributed by atoms with Crippen molar-refractivity contribution in [1.29, 1.82) is 0 Å². The van der Waals surface area contributed by atoms with Crippen LogP contribution in [0.25, 0.3) is 0 Å². The normalized spacial score (nSPS) is 25.3. The summed E-state index contributed by atoms with van der Waals surface area (Å²) < 4.78 is 22.7. The molecule has 14 nitrogen and oxygen atoms in total. The standard InChI is InChI=1S/C62H111NO13/c1-3-5-7-9-11-12-13-14-15-16-17-18-19-20-21-22-23-24-25-26-27-28-29-30-31-32-33-34-35-36-37-38-40-42-44-46-54(67)63-50(51(66)45-43-41-39-10-8-6-4-2)49-73-61-59(72)57(70)60(53(48-65)75-61)76-62-58(71)56(69)55(68)52(47-64)74-62/h5,7,11-12,14-15,17-18,43,45,50-53,55-62,64-66,68-72H,3-4,6,8-10,13,16,19-42,44,46-49H2,1-2H3,(H,63,67)/b7-5-,12-11-,15-14-,18-17-,45-43+. The lowest BCUT2D eigenvalue weighted by molar-refractivity contribution is -0.359. The fourth-order valence-electron chi connectivity index (χ4n) is 9.81. The Morgan fingerprint density at radius 3 is 1.39 bits per heavy atom. The first-order valence-corrected chi connectivity index (χ1v) is 30.5. The van der Waals surface area contributed by atoms with Crippen LogP contribution in [-0.4, -0.2) is 140 Å². The highest BCUT2D eigenvalue weighted by atomic mass is 16.7. The molecule has 0 radical (unpaired) electrons. The molecule has 0 saturated carbocycles. The maximum Gasteiger partial charge on any atom is 0.220 e. The molecule has 76 heavy (non-hydrogen) atoms. The van der Waals surface area contributed by atoms with Gasteiger partial charge in [0, 0.05) is 6.42 Å². The van der Waals surface area contributed by atoms with Crippen LogP contribution in [0.15, 0.2) is 60.8 Å². The maximum absolute atomic E-state index is 13.2. The summed E-state index contributed by atoms with van der Waals surface area (Å²) in [7, 11) is 0. The van der Waals surface area contributed by atoms with Gasteiger partial charge >= 0.3 is 0 Å². The van der Waals surface area contributed by atoms with Crippen LogP contribution in [0.1, 0.15) is 232 Å². The molecular formula is C62H111NO13. The quantitative estimate of drug-likeness (QED) is 0.0204. The smallest absolute Gasteiger partial charge is 0.220 e. The third-order valence-electron chi connectivity index (χ3n) is 14.7. The lowest BCUT2D eigenvalue weighted by Crippen LogP contribution is -2.65. The summed E-state index contributed by atoms with van der Waals surface area (Å²) in [6.07, 6.45) is 44.8. The molecule has 12 unspecified atom stereocenters. The number of unbranched alkanes of at least 4 members (excludes halogenated alkanes) is 27. The number of aliphatic hydroxyl groups excluding tert-OH is 8. The number of rotatable bonds is 48. The number of ether oxygens (including phenoxy) is 4. The lowest BCUT2D eigenvalue weighted by Gasteiger charge is -2.46. The van der Waals surface area contributed by atoms with E-state index in [1.807, 2.05) is 6.08 Å². The zero-order valence-electron chi connectivity index (χ0n) is 47.5. The Hall–Kier alpha value is -2.31. The van der Waals surface area contributed by atoms with Gasteiger partial charge in [-0.15, -0.1) is 0 Å². The number of carbonyl (C=O) groups excluding carboxylic acids is 1. The molecule has 2 heterocycles.